The monoisotopic (exact) mass is 671 g/mol. The van der Waals surface area contributed by atoms with Gasteiger partial charge in [-0.15, -0.1) is 11.8 Å². The molecule has 0 aliphatic heterocycles. The van der Waals surface area contributed by atoms with Crippen molar-refractivity contribution in [2.75, 3.05) is 16.4 Å². The van der Waals surface area contributed by atoms with E-state index < -0.39 is 35.3 Å². The quantitative estimate of drug-likeness (QED) is 0.0965. The molecule has 6 nitrogen and oxygen atoms in total. The molecule has 220 valence electrons. The van der Waals surface area contributed by atoms with Crippen molar-refractivity contribution < 1.29 is 31.9 Å². The van der Waals surface area contributed by atoms with Gasteiger partial charge >= 0.3 is 6.18 Å². The van der Waals surface area contributed by atoms with E-state index in [4.69, 9.17) is 0 Å². The Balaban J connectivity index is 1.41. The lowest BCUT2D eigenvalue weighted by atomic mass is 10.1. The molecule has 0 fully saturated rings. The topological polar surface area (TPSA) is 87.3 Å². The van der Waals surface area contributed by atoms with Crippen molar-refractivity contribution in [3.05, 3.63) is 130 Å². The second kappa shape index (κ2) is 14.2. The first-order valence-electron chi connectivity index (χ1n) is 12.5. The zero-order valence-electron chi connectivity index (χ0n) is 22.0. The maximum atomic E-state index is 14.2. The fourth-order valence-electron chi connectivity index (χ4n) is 3.73. The molecule has 43 heavy (non-hydrogen) atoms. The number of hydrogen-bond acceptors (Lipinski definition) is 4. The Morgan fingerprint density at radius 2 is 1.47 bits per heavy atom. The lowest BCUT2D eigenvalue weighted by molar-refractivity contribution is -0.137. The highest BCUT2D eigenvalue weighted by atomic mass is 79.9. The second-order valence-electron chi connectivity index (χ2n) is 8.90. The number of carbonyl (C=O) groups excluding carboxylic acids is 3. The highest BCUT2D eigenvalue weighted by Crippen LogP contribution is 2.34. The summed E-state index contributed by atoms with van der Waals surface area (Å²) < 4.78 is 54.5. The van der Waals surface area contributed by atoms with Crippen molar-refractivity contribution in [2.24, 2.45) is 0 Å². The van der Waals surface area contributed by atoms with E-state index in [1.54, 1.807) is 48.5 Å². The van der Waals surface area contributed by atoms with Crippen LogP contribution in [0.3, 0.4) is 0 Å². The van der Waals surface area contributed by atoms with E-state index in [9.17, 15) is 31.9 Å². The summed E-state index contributed by atoms with van der Waals surface area (Å²) in [5.74, 6) is -2.99. The minimum atomic E-state index is -4.61. The highest BCUT2D eigenvalue weighted by Gasteiger charge is 2.33. The van der Waals surface area contributed by atoms with Gasteiger partial charge < -0.3 is 16.0 Å². The summed E-state index contributed by atoms with van der Waals surface area (Å²) in [7, 11) is 0. The minimum absolute atomic E-state index is 0.134. The van der Waals surface area contributed by atoms with E-state index >= 15 is 0 Å². The average Bonchev–Trinajstić information content (AvgIpc) is 2.97. The number of nitrogens with one attached hydrogen (secondary N) is 3. The third-order valence-electron chi connectivity index (χ3n) is 5.78. The molecule has 4 aromatic rings. The summed E-state index contributed by atoms with van der Waals surface area (Å²) in [5.41, 5.74) is -0.668. The van der Waals surface area contributed by atoms with Gasteiger partial charge in [-0.05, 0) is 72.3 Å². The Labute approximate surface area is 256 Å². The first-order valence-corrected chi connectivity index (χ1v) is 14.3. The Morgan fingerprint density at radius 3 is 2.14 bits per heavy atom. The Kier molecular flexibility index (Phi) is 10.4. The lowest BCUT2D eigenvalue weighted by Gasteiger charge is -2.13. The molecule has 0 aliphatic rings. The van der Waals surface area contributed by atoms with Gasteiger partial charge in [0, 0.05) is 15.1 Å². The molecule has 0 heterocycles. The molecule has 0 saturated carbocycles. The van der Waals surface area contributed by atoms with Crippen molar-refractivity contribution in [2.45, 2.75) is 11.1 Å². The van der Waals surface area contributed by atoms with Crippen LogP contribution < -0.4 is 16.0 Å². The zero-order chi connectivity index (χ0) is 31.0. The van der Waals surface area contributed by atoms with Crippen LogP contribution in [-0.2, 0) is 15.8 Å². The normalized spacial score (nSPS) is 11.5. The number of alkyl halides is 3. The summed E-state index contributed by atoms with van der Waals surface area (Å²) in [4.78, 5) is 38.9. The van der Waals surface area contributed by atoms with Crippen LogP contribution >= 0.6 is 27.7 Å². The number of anilines is 2. The third kappa shape index (κ3) is 9.03. The van der Waals surface area contributed by atoms with Gasteiger partial charge in [-0.25, -0.2) is 4.39 Å². The van der Waals surface area contributed by atoms with Crippen molar-refractivity contribution in [3.8, 4) is 0 Å². The highest BCUT2D eigenvalue weighted by molar-refractivity contribution is 9.10. The molecule has 3 amide bonds. The first-order chi connectivity index (χ1) is 20.5. The molecule has 0 bridgehead atoms. The predicted molar refractivity (Wildman–Crippen MR) is 162 cm³/mol. The van der Waals surface area contributed by atoms with Crippen LogP contribution in [0.2, 0.25) is 0 Å². The number of para-hydroxylation sites is 1. The number of thioether (sulfide) groups is 1. The summed E-state index contributed by atoms with van der Waals surface area (Å²) in [5, 5.41) is 7.43. The summed E-state index contributed by atoms with van der Waals surface area (Å²) in [6, 6.07) is 23.4. The van der Waals surface area contributed by atoms with Crippen molar-refractivity contribution >= 4 is 62.9 Å². The molecular weight excluding hydrogens is 650 g/mol. The lowest BCUT2D eigenvalue weighted by Crippen LogP contribution is -2.31. The second-order valence-corrected chi connectivity index (χ2v) is 10.9. The van der Waals surface area contributed by atoms with Gasteiger partial charge in [-0.1, -0.05) is 52.3 Å². The molecule has 4 rings (SSSR count). The van der Waals surface area contributed by atoms with Crippen molar-refractivity contribution in [1.82, 2.24) is 5.32 Å². The van der Waals surface area contributed by atoms with Crippen LogP contribution in [0, 0.1) is 5.82 Å². The van der Waals surface area contributed by atoms with Crippen molar-refractivity contribution in [1.29, 1.82) is 0 Å². The SMILES string of the molecule is O=C(CSc1ccc(NC(=O)/C(=C/c2ccc(Br)cc2)NC(=O)c2ccccc2F)cc1)Nc1ccccc1C(F)(F)F. The van der Waals surface area contributed by atoms with Crippen LogP contribution in [-0.4, -0.2) is 23.5 Å². The van der Waals surface area contributed by atoms with E-state index in [1.165, 1.54) is 42.5 Å². The van der Waals surface area contributed by atoms with E-state index in [0.29, 0.717) is 16.1 Å². The van der Waals surface area contributed by atoms with E-state index in [-0.39, 0.29) is 22.7 Å². The molecular formula is C31H22BrF4N3O3S. The number of amides is 3. The Bertz CT molecular complexity index is 1660. The molecule has 0 atom stereocenters. The van der Waals surface area contributed by atoms with Gasteiger partial charge in [-0.2, -0.15) is 13.2 Å². The van der Waals surface area contributed by atoms with Gasteiger partial charge in [0.05, 0.1) is 22.6 Å². The molecule has 12 heteroatoms. The van der Waals surface area contributed by atoms with Crippen LogP contribution in [0.15, 0.2) is 112 Å². The smallest absolute Gasteiger partial charge is 0.325 e. The molecule has 0 radical (unpaired) electrons. The Hall–Kier alpha value is -4.42. The van der Waals surface area contributed by atoms with Crippen LogP contribution in [0.25, 0.3) is 6.08 Å². The standard InChI is InChI=1S/C31H22BrF4N3O3S/c32-20-11-9-19(10-12-20)17-27(39-29(41)23-5-1-3-7-25(23)33)30(42)37-21-13-15-22(16-14-21)43-18-28(40)38-26-8-4-2-6-24(26)31(34,35)36/h1-17H,18H2,(H,37,42)(H,38,40)(H,39,41)/b27-17-. The number of rotatable bonds is 9. The van der Waals surface area contributed by atoms with Gasteiger partial charge in [0.25, 0.3) is 11.8 Å². The number of halogens is 5. The van der Waals surface area contributed by atoms with E-state index in [2.05, 4.69) is 31.9 Å². The third-order valence-corrected chi connectivity index (χ3v) is 7.32. The van der Waals surface area contributed by atoms with E-state index in [0.717, 1.165) is 28.4 Å². The van der Waals surface area contributed by atoms with Gasteiger partial charge in [0.2, 0.25) is 5.91 Å². The van der Waals surface area contributed by atoms with Crippen molar-refractivity contribution in [3.63, 3.8) is 0 Å². The maximum Gasteiger partial charge on any atom is 0.418 e. The van der Waals surface area contributed by atoms with Crippen LogP contribution in [0.4, 0.5) is 28.9 Å². The van der Waals surface area contributed by atoms with Crippen LogP contribution in [0.1, 0.15) is 21.5 Å². The molecule has 0 aromatic heterocycles. The fraction of sp³-hybridized carbons (Fsp3) is 0.0645. The zero-order valence-corrected chi connectivity index (χ0v) is 24.4. The molecule has 0 spiro atoms. The molecule has 0 unspecified atom stereocenters. The number of carbonyl (C=O) groups is 3. The average molecular weight is 672 g/mol. The van der Waals surface area contributed by atoms with Crippen LogP contribution in [0.5, 0.6) is 0 Å². The largest absolute Gasteiger partial charge is 0.418 e. The minimum Gasteiger partial charge on any atom is -0.325 e. The molecule has 0 saturated heterocycles. The number of hydrogen-bond donors (Lipinski definition) is 3. The summed E-state index contributed by atoms with van der Waals surface area (Å²) >= 11 is 4.43. The molecule has 4 aromatic carbocycles. The van der Waals surface area contributed by atoms with Gasteiger partial charge in [-0.3, -0.25) is 14.4 Å². The van der Waals surface area contributed by atoms with Gasteiger partial charge in [0.15, 0.2) is 0 Å². The molecule has 0 aliphatic carbocycles. The first kappa shape index (κ1) is 31.5. The van der Waals surface area contributed by atoms with E-state index in [1.807, 2.05) is 0 Å². The Morgan fingerprint density at radius 1 is 0.814 bits per heavy atom. The fourth-order valence-corrected chi connectivity index (χ4v) is 4.69. The maximum absolute atomic E-state index is 14.2. The van der Waals surface area contributed by atoms with Gasteiger partial charge in [0.1, 0.15) is 11.5 Å². The summed E-state index contributed by atoms with van der Waals surface area (Å²) in [6.45, 7) is 0. The molecule has 3 N–H and O–H groups in total. The predicted octanol–water partition coefficient (Wildman–Crippen LogP) is 7.75. The summed E-state index contributed by atoms with van der Waals surface area (Å²) in [6.07, 6.45) is -3.16. The number of benzene rings is 4.